The van der Waals surface area contributed by atoms with E-state index in [1.807, 2.05) is 31.3 Å². The maximum absolute atomic E-state index is 12.6. The summed E-state index contributed by atoms with van der Waals surface area (Å²) in [5, 5.41) is 17.3. The Balaban J connectivity index is 0.000000941. The Hall–Kier alpha value is -3.07. The zero-order valence-corrected chi connectivity index (χ0v) is 17.1. The van der Waals surface area contributed by atoms with E-state index in [2.05, 4.69) is 26.7 Å². The van der Waals surface area contributed by atoms with Crippen molar-refractivity contribution in [2.75, 3.05) is 32.6 Å². The van der Waals surface area contributed by atoms with Crippen LogP contribution in [0.4, 0.5) is 5.82 Å². The van der Waals surface area contributed by atoms with Gasteiger partial charge < -0.3 is 20.5 Å². The second kappa shape index (κ2) is 10.5. The molecule has 1 fully saturated rings. The Bertz CT molecular complexity index is 800. The fourth-order valence-electron chi connectivity index (χ4n) is 3.56. The number of likely N-dealkylation sites (tertiary alicyclic amines) is 1. The fraction of sp³-hybridized carbons (Fsp3) is 0.450. The van der Waals surface area contributed by atoms with Crippen LogP contribution >= 0.6 is 0 Å². The lowest BCUT2D eigenvalue weighted by molar-refractivity contribution is -0.126. The van der Waals surface area contributed by atoms with Crippen LogP contribution in [0, 0.1) is 0 Å². The van der Waals surface area contributed by atoms with Crippen LogP contribution < -0.4 is 15.4 Å². The minimum atomic E-state index is -0.611. The topological polar surface area (TPSA) is 109 Å². The summed E-state index contributed by atoms with van der Waals surface area (Å²) in [5.41, 5.74) is 0.557. The second-order valence-corrected chi connectivity index (χ2v) is 6.82. The number of para-hydroxylation sites is 1. The molecule has 29 heavy (non-hydrogen) atoms. The predicted molar refractivity (Wildman–Crippen MR) is 110 cm³/mol. The van der Waals surface area contributed by atoms with Gasteiger partial charge in [0.15, 0.2) is 0 Å². The number of carboxylic acid groups (broad SMARTS) is 1. The number of nitrogens with zero attached hydrogens (tertiary/aromatic N) is 3. The molecule has 1 aliphatic heterocycles. The van der Waals surface area contributed by atoms with Crippen molar-refractivity contribution in [3.63, 3.8) is 0 Å². The number of piperidine rings is 1. The van der Waals surface area contributed by atoms with Crippen molar-refractivity contribution >= 4 is 18.2 Å². The number of carbonyl (C=O) groups excluding carboxylic acids is 1. The number of aryl methyl sites for hydroxylation is 1. The summed E-state index contributed by atoms with van der Waals surface area (Å²) in [6, 6.07) is 9.98. The largest absolute Gasteiger partial charge is 0.496 e. The highest BCUT2D eigenvalue weighted by Crippen LogP contribution is 2.29. The molecule has 9 heteroatoms. The zero-order chi connectivity index (χ0) is 21.3. The molecule has 0 spiro atoms. The summed E-state index contributed by atoms with van der Waals surface area (Å²) in [6.07, 6.45) is 3.19. The van der Waals surface area contributed by atoms with Crippen molar-refractivity contribution in [2.24, 2.45) is 7.05 Å². The van der Waals surface area contributed by atoms with Gasteiger partial charge in [0.25, 0.3) is 6.47 Å². The number of likely N-dealkylation sites (N-methyl/N-ethyl adjacent to an activating group) is 1. The van der Waals surface area contributed by atoms with E-state index in [4.69, 9.17) is 14.6 Å². The number of nitrogens with one attached hydrogen (secondary N) is 2. The Kier molecular flexibility index (Phi) is 8.02. The smallest absolute Gasteiger partial charge is 0.290 e. The Morgan fingerprint density at radius 2 is 1.97 bits per heavy atom. The molecule has 2 aromatic rings. The van der Waals surface area contributed by atoms with E-state index in [0.717, 1.165) is 44.0 Å². The molecule has 1 saturated heterocycles. The SMILES string of the molecule is CNC(=O)C1(Nc2ccnn2C)CCN(Cc2ccccc2OC)CC1.O=CO. The van der Waals surface area contributed by atoms with Crippen molar-refractivity contribution in [3.05, 3.63) is 42.1 Å². The summed E-state index contributed by atoms with van der Waals surface area (Å²) in [5.74, 6) is 1.78. The molecule has 0 bridgehead atoms. The molecule has 1 aromatic heterocycles. The molecule has 1 aromatic carbocycles. The summed E-state index contributed by atoms with van der Waals surface area (Å²) in [6.45, 7) is 2.23. The lowest BCUT2D eigenvalue weighted by Gasteiger charge is -2.41. The number of amides is 1. The number of hydrogen-bond acceptors (Lipinski definition) is 6. The molecular weight excluding hydrogens is 374 g/mol. The van der Waals surface area contributed by atoms with Gasteiger partial charge in [-0.2, -0.15) is 5.10 Å². The van der Waals surface area contributed by atoms with Crippen LogP contribution in [0.5, 0.6) is 5.75 Å². The Labute approximate surface area is 170 Å². The van der Waals surface area contributed by atoms with Gasteiger partial charge in [0.2, 0.25) is 5.91 Å². The third-order valence-electron chi connectivity index (χ3n) is 5.15. The predicted octanol–water partition coefficient (Wildman–Crippen LogP) is 1.32. The Morgan fingerprint density at radius 3 is 2.52 bits per heavy atom. The van der Waals surface area contributed by atoms with E-state index in [0.29, 0.717) is 0 Å². The molecule has 0 unspecified atom stereocenters. The van der Waals surface area contributed by atoms with Gasteiger partial charge in [0, 0.05) is 45.4 Å². The molecule has 1 aliphatic rings. The number of ether oxygens (including phenoxy) is 1. The first kappa shape index (κ1) is 22.2. The van der Waals surface area contributed by atoms with Crippen molar-refractivity contribution in [2.45, 2.75) is 24.9 Å². The van der Waals surface area contributed by atoms with Gasteiger partial charge in [0.1, 0.15) is 17.1 Å². The maximum atomic E-state index is 12.6. The highest BCUT2D eigenvalue weighted by molar-refractivity contribution is 5.89. The lowest BCUT2D eigenvalue weighted by Crippen LogP contribution is -2.57. The highest BCUT2D eigenvalue weighted by atomic mass is 16.5. The number of methoxy groups -OCH3 is 1. The molecule has 0 atom stereocenters. The van der Waals surface area contributed by atoms with E-state index in [1.165, 1.54) is 5.56 Å². The van der Waals surface area contributed by atoms with Crippen molar-refractivity contribution in [3.8, 4) is 5.75 Å². The van der Waals surface area contributed by atoms with Gasteiger partial charge in [0.05, 0.1) is 13.3 Å². The van der Waals surface area contributed by atoms with Crippen molar-refractivity contribution in [1.29, 1.82) is 0 Å². The van der Waals surface area contributed by atoms with Gasteiger partial charge in [-0.15, -0.1) is 0 Å². The molecule has 2 heterocycles. The van der Waals surface area contributed by atoms with E-state index in [9.17, 15) is 4.79 Å². The van der Waals surface area contributed by atoms with E-state index < -0.39 is 5.54 Å². The number of benzene rings is 1. The normalized spacial score (nSPS) is 15.6. The van der Waals surface area contributed by atoms with Crippen LogP contribution in [0.1, 0.15) is 18.4 Å². The van der Waals surface area contributed by atoms with Crippen LogP contribution in [-0.4, -0.2) is 65.0 Å². The molecule has 0 radical (unpaired) electrons. The van der Waals surface area contributed by atoms with Crippen LogP contribution in [0.2, 0.25) is 0 Å². The van der Waals surface area contributed by atoms with E-state index in [1.54, 1.807) is 25.0 Å². The molecule has 0 aliphatic carbocycles. The van der Waals surface area contributed by atoms with Gasteiger partial charge in [-0.25, -0.2) is 0 Å². The lowest BCUT2D eigenvalue weighted by atomic mass is 9.86. The number of carbonyl (C=O) groups is 2. The summed E-state index contributed by atoms with van der Waals surface area (Å²) in [4.78, 5) is 23.4. The second-order valence-electron chi connectivity index (χ2n) is 6.82. The number of rotatable bonds is 6. The van der Waals surface area contributed by atoms with Gasteiger partial charge >= 0.3 is 0 Å². The highest BCUT2D eigenvalue weighted by Gasteiger charge is 2.41. The monoisotopic (exact) mass is 403 g/mol. The summed E-state index contributed by atoms with van der Waals surface area (Å²) < 4.78 is 7.21. The summed E-state index contributed by atoms with van der Waals surface area (Å²) in [7, 11) is 5.26. The molecule has 1 amide bonds. The van der Waals surface area contributed by atoms with Crippen molar-refractivity contribution in [1.82, 2.24) is 20.0 Å². The average molecular weight is 403 g/mol. The minimum Gasteiger partial charge on any atom is -0.496 e. The van der Waals surface area contributed by atoms with Gasteiger partial charge in [-0.05, 0) is 18.9 Å². The molecule has 3 rings (SSSR count). The van der Waals surface area contributed by atoms with E-state index >= 15 is 0 Å². The molecule has 158 valence electrons. The summed E-state index contributed by atoms with van der Waals surface area (Å²) >= 11 is 0. The van der Waals surface area contributed by atoms with Crippen LogP contribution in [-0.2, 0) is 23.2 Å². The Morgan fingerprint density at radius 1 is 1.31 bits per heavy atom. The number of anilines is 1. The maximum Gasteiger partial charge on any atom is 0.290 e. The quantitative estimate of drug-likeness (QED) is 0.624. The molecule has 9 nitrogen and oxygen atoms in total. The fourth-order valence-corrected chi connectivity index (χ4v) is 3.56. The van der Waals surface area contributed by atoms with E-state index in [-0.39, 0.29) is 12.4 Å². The average Bonchev–Trinajstić information content (AvgIpc) is 3.14. The van der Waals surface area contributed by atoms with Crippen LogP contribution in [0.15, 0.2) is 36.5 Å². The van der Waals surface area contributed by atoms with Crippen LogP contribution in [0.3, 0.4) is 0 Å². The molecule has 0 saturated carbocycles. The van der Waals surface area contributed by atoms with Gasteiger partial charge in [-0.1, -0.05) is 18.2 Å². The van der Waals surface area contributed by atoms with Crippen LogP contribution in [0.25, 0.3) is 0 Å². The zero-order valence-electron chi connectivity index (χ0n) is 17.1. The van der Waals surface area contributed by atoms with Crippen molar-refractivity contribution < 1.29 is 19.4 Å². The minimum absolute atomic E-state index is 0.0237. The first-order chi connectivity index (χ1) is 14.0. The number of aromatic nitrogens is 2. The molecular formula is C20H29N5O4. The third kappa shape index (κ3) is 5.47. The first-order valence-corrected chi connectivity index (χ1v) is 9.40. The number of hydrogen-bond donors (Lipinski definition) is 3. The third-order valence-corrected chi connectivity index (χ3v) is 5.15. The molecule has 3 N–H and O–H groups in total. The van der Waals surface area contributed by atoms with Gasteiger partial charge in [-0.3, -0.25) is 19.2 Å². The standard InChI is InChI=1S/C19H27N5O2.CH2O2/c1-20-18(25)19(22-17-8-11-21-23(17)2)9-12-24(13-10-19)14-15-6-4-5-7-16(15)26-3;2-1-3/h4-8,11,22H,9-10,12-14H2,1-3H3,(H,20,25);1H,(H,2,3). The first-order valence-electron chi connectivity index (χ1n) is 9.40.